The number of allylic oxidation sites excluding steroid dienone is 1. The number of aliphatic hydroxyl groups is 1. The van der Waals surface area contributed by atoms with Crippen molar-refractivity contribution in [2.45, 2.75) is 31.8 Å². The van der Waals surface area contributed by atoms with Crippen LogP contribution in [-0.2, 0) is 0 Å². The molecule has 0 unspecified atom stereocenters. The van der Waals surface area contributed by atoms with E-state index in [1.165, 1.54) is 19.3 Å². The Labute approximate surface area is 55.4 Å². The van der Waals surface area contributed by atoms with Crippen molar-refractivity contribution in [3.8, 4) is 0 Å². The standard InChI is InChI=1S/C8H12O/c9-7-1-3-8(4-2-7)5-6-8/h1,3,7,9H,2,4-6H2/t7-/m1/s1. The quantitative estimate of drug-likeness (QED) is 0.485. The fourth-order valence-corrected chi connectivity index (χ4v) is 1.51. The fraction of sp³-hybridized carbons (Fsp3) is 0.750. The summed E-state index contributed by atoms with van der Waals surface area (Å²) >= 11 is 0. The third kappa shape index (κ3) is 0.897. The Morgan fingerprint density at radius 3 is 2.56 bits per heavy atom. The van der Waals surface area contributed by atoms with Gasteiger partial charge in [0, 0.05) is 0 Å². The predicted molar refractivity (Wildman–Crippen MR) is 36.0 cm³/mol. The van der Waals surface area contributed by atoms with Crippen molar-refractivity contribution < 1.29 is 5.11 Å². The van der Waals surface area contributed by atoms with Crippen molar-refractivity contribution in [2.75, 3.05) is 0 Å². The highest BCUT2D eigenvalue weighted by molar-refractivity contribution is 5.14. The molecule has 2 aliphatic rings. The molecule has 2 rings (SSSR count). The SMILES string of the molecule is O[C@@H]1C=CC2(CC1)CC2. The summed E-state index contributed by atoms with van der Waals surface area (Å²) in [7, 11) is 0. The molecule has 0 aromatic carbocycles. The minimum absolute atomic E-state index is 0.142. The van der Waals surface area contributed by atoms with Gasteiger partial charge in [-0.15, -0.1) is 0 Å². The van der Waals surface area contributed by atoms with Crippen molar-refractivity contribution in [3.05, 3.63) is 12.2 Å². The molecule has 0 radical (unpaired) electrons. The number of hydrogen-bond donors (Lipinski definition) is 1. The molecule has 50 valence electrons. The lowest BCUT2D eigenvalue weighted by molar-refractivity contribution is 0.192. The van der Waals surface area contributed by atoms with Crippen LogP contribution in [0.4, 0.5) is 0 Å². The van der Waals surface area contributed by atoms with Crippen LogP contribution in [0.3, 0.4) is 0 Å². The summed E-state index contributed by atoms with van der Waals surface area (Å²) in [4.78, 5) is 0. The molecule has 1 N–H and O–H groups in total. The molecule has 1 nitrogen and oxygen atoms in total. The van der Waals surface area contributed by atoms with E-state index in [1.54, 1.807) is 0 Å². The molecule has 1 spiro atoms. The van der Waals surface area contributed by atoms with Gasteiger partial charge in [0.25, 0.3) is 0 Å². The summed E-state index contributed by atoms with van der Waals surface area (Å²) in [6.07, 6.45) is 8.93. The van der Waals surface area contributed by atoms with Gasteiger partial charge in [-0.05, 0) is 31.1 Å². The lowest BCUT2D eigenvalue weighted by Gasteiger charge is -2.17. The van der Waals surface area contributed by atoms with Gasteiger partial charge in [0.2, 0.25) is 0 Å². The highest BCUT2D eigenvalue weighted by Crippen LogP contribution is 2.52. The second kappa shape index (κ2) is 1.60. The molecule has 0 saturated heterocycles. The first-order valence-corrected chi connectivity index (χ1v) is 3.68. The van der Waals surface area contributed by atoms with Crippen molar-refractivity contribution in [3.63, 3.8) is 0 Å². The first-order chi connectivity index (χ1) is 4.31. The molecule has 2 aliphatic carbocycles. The zero-order chi connectivity index (χ0) is 6.32. The molecule has 0 bridgehead atoms. The maximum Gasteiger partial charge on any atom is 0.0721 e. The first-order valence-electron chi connectivity index (χ1n) is 3.68. The maximum absolute atomic E-state index is 9.08. The summed E-state index contributed by atoms with van der Waals surface area (Å²) in [5.41, 5.74) is 0.569. The van der Waals surface area contributed by atoms with Crippen LogP contribution >= 0.6 is 0 Å². The fourth-order valence-electron chi connectivity index (χ4n) is 1.51. The third-order valence-electron chi connectivity index (χ3n) is 2.50. The summed E-state index contributed by atoms with van der Waals surface area (Å²) in [6, 6.07) is 0. The Morgan fingerprint density at radius 2 is 2.11 bits per heavy atom. The van der Waals surface area contributed by atoms with Crippen molar-refractivity contribution >= 4 is 0 Å². The third-order valence-corrected chi connectivity index (χ3v) is 2.50. The summed E-state index contributed by atoms with van der Waals surface area (Å²) in [6.45, 7) is 0. The van der Waals surface area contributed by atoms with Gasteiger partial charge in [-0.1, -0.05) is 12.2 Å². The Bertz CT molecular complexity index is 145. The summed E-state index contributed by atoms with van der Waals surface area (Å²) in [5.74, 6) is 0. The van der Waals surface area contributed by atoms with Crippen LogP contribution in [0.1, 0.15) is 25.7 Å². The van der Waals surface area contributed by atoms with E-state index < -0.39 is 0 Å². The zero-order valence-electron chi connectivity index (χ0n) is 5.51. The second-order valence-corrected chi connectivity index (χ2v) is 3.33. The molecular formula is C8H12O. The zero-order valence-corrected chi connectivity index (χ0v) is 5.51. The molecule has 1 heteroatoms. The minimum atomic E-state index is -0.142. The van der Waals surface area contributed by atoms with E-state index in [0.717, 1.165) is 6.42 Å². The number of rotatable bonds is 0. The van der Waals surface area contributed by atoms with E-state index in [1.807, 2.05) is 6.08 Å². The van der Waals surface area contributed by atoms with Gasteiger partial charge in [0.1, 0.15) is 0 Å². The largest absolute Gasteiger partial charge is 0.389 e. The van der Waals surface area contributed by atoms with Crippen LogP contribution < -0.4 is 0 Å². The van der Waals surface area contributed by atoms with E-state index in [0.29, 0.717) is 5.41 Å². The molecule has 0 heterocycles. The van der Waals surface area contributed by atoms with Crippen LogP contribution in [-0.4, -0.2) is 11.2 Å². The van der Waals surface area contributed by atoms with Gasteiger partial charge in [-0.3, -0.25) is 0 Å². The second-order valence-electron chi connectivity index (χ2n) is 3.33. The maximum atomic E-state index is 9.08. The van der Waals surface area contributed by atoms with E-state index in [9.17, 15) is 0 Å². The summed E-state index contributed by atoms with van der Waals surface area (Å²) < 4.78 is 0. The lowest BCUT2D eigenvalue weighted by atomic mass is 9.92. The van der Waals surface area contributed by atoms with Gasteiger partial charge >= 0.3 is 0 Å². The van der Waals surface area contributed by atoms with Gasteiger partial charge < -0.3 is 5.11 Å². The first kappa shape index (κ1) is 5.48. The molecule has 0 aromatic heterocycles. The summed E-state index contributed by atoms with van der Waals surface area (Å²) in [5, 5.41) is 9.08. The Kier molecular flexibility index (Phi) is 0.974. The van der Waals surface area contributed by atoms with E-state index >= 15 is 0 Å². The van der Waals surface area contributed by atoms with Crippen molar-refractivity contribution in [1.82, 2.24) is 0 Å². The highest BCUT2D eigenvalue weighted by Gasteiger charge is 2.41. The average molecular weight is 124 g/mol. The molecule has 0 aromatic rings. The average Bonchev–Trinajstić information content (AvgIpc) is 2.60. The van der Waals surface area contributed by atoms with E-state index in [-0.39, 0.29) is 6.10 Å². The van der Waals surface area contributed by atoms with Gasteiger partial charge in [0.15, 0.2) is 0 Å². The van der Waals surface area contributed by atoms with Crippen LogP contribution in [0.2, 0.25) is 0 Å². The highest BCUT2D eigenvalue weighted by atomic mass is 16.3. The smallest absolute Gasteiger partial charge is 0.0721 e. The Balaban J connectivity index is 2.09. The number of hydrogen-bond acceptors (Lipinski definition) is 1. The molecular weight excluding hydrogens is 112 g/mol. The van der Waals surface area contributed by atoms with Crippen molar-refractivity contribution in [1.29, 1.82) is 0 Å². The molecule has 0 amide bonds. The number of aliphatic hydroxyl groups excluding tert-OH is 1. The van der Waals surface area contributed by atoms with Crippen LogP contribution in [0.15, 0.2) is 12.2 Å². The van der Waals surface area contributed by atoms with Crippen LogP contribution in [0, 0.1) is 5.41 Å². The molecule has 1 saturated carbocycles. The topological polar surface area (TPSA) is 20.2 Å². The molecule has 1 atom stereocenters. The van der Waals surface area contributed by atoms with Gasteiger partial charge in [0.05, 0.1) is 6.10 Å². The Hall–Kier alpha value is -0.300. The lowest BCUT2D eigenvalue weighted by Crippen LogP contribution is -2.12. The van der Waals surface area contributed by atoms with Crippen molar-refractivity contribution in [2.24, 2.45) is 5.41 Å². The monoisotopic (exact) mass is 124 g/mol. The van der Waals surface area contributed by atoms with E-state index in [4.69, 9.17) is 5.11 Å². The molecule has 9 heavy (non-hydrogen) atoms. The van der Waals surface area contributed by atoms with E-state index in [2.05, 4.69) is 6.08 Å². The predicted octanol–water partition coefficient (Wildman–Crippen LogP) is 1.48. The minimum Gasteiger partial charge on any atom is -0.389 e. The Morgan fingerprint density at radius 1 is 1.33 bits per heavy atom. The molecule has 1 fully saturated rings. The van der Waals surface area contributed by atoms with Crippen LogP contribution in [0.5, 0.6) is 0 Å². The molecule has 0 aliphatic heterocycles. The van der Waals surface area contributed by atoms with Gasteiger partial charge in [-0.25, -0.2) is 0 Å². The van der Waals surface area contributed by atoms with Crippen LogP contribution in [0.25, 0.3) is 0 Å². The van der Waals surface area contributed by atoms with Gasteiger partial charge in [-0.2, -0.15) is 0 Å². The normalized spacial score (nSPS) is 37.2.